The number of anilines is 6. The van der Waals surface area contributed by atoms with Gasteiger partial charge in [0.25, 0.3) is 6.71 Å². The second-order valence-electron chi connectivity index (χ2n) is 33.1. The lowest BCUT2D eigenvalue weighted by molar-refractivity contribution is 0.590. The van der Waals surface area contributed by atoms with Gasteiger partial charge in [0.15, 0.2) is 5.69 Å². The first-order valence-corrected chi connectivity index (χ1v) is 38.6. The fourth-order valence-corrected chi connectivity index (χ4v) is 17.5. The van der Waals surface area contributed by atoms with Crippen molar-refractivity contribution in [1.82, 2.24) is 9.13 Å². The number of hydrogen-bond acceptors (Lipinski definition) is 3. The van der Waals surface area contributed by atoms with E-state index < -0.39 is 5.41 Å². The molecule has 0 radical (unpaired) electrons. The van der Waals surface area contributed by atoms with E-state index in [1.165, 1.54) is 38.1 Å². The van der Waals surface area contributed by atoms with Gasteiger partial charge in [0.2, 0.25) is 0 Å². The molecule has 15 aromatic carbocycles. The highest BCUT2D eigenvalue weighted by Gasteiger charge is 2.47. The molecule has 0 fully saturated rings. The van der Waals surface area contributed by atoms with Gasteiger partial charge < -0.3 is 18.9 Å². The molecule has 111 heavy (non-hydrogen) atoms. The first-order valence-electron chi connectivity index (χ1n) is 38.6. The predicted molar refractivity (Wildman–Crippen MR) is 469 cm³/mol. The summed E-state index contributed by atoms with van der Waals surface area (Å²) in [5, 5.41) is 15.4. The number of fused-ring (bicyclic) bond motifs is 10. The van der Waals surface area contributed by atoms with Crippen LogP contribution in [-0.4, -0.2) is 15.8 Å². The number of aromatic nitrogens is 2. The molecule has 0 atom stereocenters. The van der Waals surface area contributed by atoms with Gasteiger partial charge in [0.1, 0.15) is 0 Å². The number of nitriles is 1. The number of para-hydroxylation sites is 4. The molecule has 19 rings (SSSR count). The molecule has 7 heteroatoms. The minimum atomic E-state index is -0.422. The van der Waals surface area contributed by atoms with E-state index in [0.717, 1.165) is 151 Å². The maximum Gasteiger partial charge on any atom is 0.252 e. The fraction of sp³-hybridized carbons (Fsp3) is 0.115. The van der Waals surface area contributed by atoms with Crippen molar-refractivity contribution in [3.05, 3.63) is 361 Å². The first-order chi connectivity index (χ1) is 53.9. The molecule has 530 valence electrons. The zero-order chi connectivity index (χ0) is 75.8. The normalized spacial score (nSPS) is 12.7. The summed E-state index contributed by atoms with van der Waals surface area (Å²) in [6.07, 6.45) is 0. The van der Waals surface area contributed by atoms with E-state index >= 15 is 0 Å². The Morgan fingerprint density at radius 2 is 0.631 bits per heavy atom. The van der Waals surface area contributed by atoms with Gasteiger partial charge in [0, 0.05) is 77.9 Å². The van der Waals surface area contributed by atoms with Crippen LogP contribution in [-0.2, 0) is 16.2 Å². The largest absolute Gasteiger partial charge is 0.310 e. The highest BCUT2D eigenvalue weighted by Crippen LogP contribution is 2.56. The number of rotatable bonds is 10. The third kappa shape index (κ3) is 11.4. The Bertz CT molecular complexity index is 6180. The topological polar surface area (TPSA) is 44.5 Å². The van der Waals surface area contributed by atoms with E-state index in [4.69, 9.17) is 6.57 Å². The van der Waals surface area contributed by atoms with E-state index in [1.807, 2.05) is 24.3 Å². The van der Waals surface area contributed by atoms with Crippen molar-refractivity contribution < 1.29 is 0 Å². The first kappa shape index (κ1) is 68.1. The molecule has 0 spiro atoms. The summed E-state index contributed by atoms with van der Waals surface area (Å²) in [4.78, 5) is 9.32. The van der Waals surface area contributed by atoms with E-state index in [1.54, 1.807) is 0 Å². The van der Waals surface area contributed by atoms with Gasteiger partial charge >= 0.3 is 0 Å². The second-order valence-corrected chi connectivity index (χ2v) is 33.1. The van der Waals surface area contributed by atoms with E-state index in [-0.39, 0.29) is 17.5 Å². The lowest BCUT2D eigenvalue weighted by Crippen LogP contribution is -2.61. The SMILES string of the molecule is [C-]#[N+]c1ccc(-c2cc(-c3ccccc3)cc(-c3ccc(C(C)(C)C)cc3)c2N2c3cc(-n4c5ccccc5c5ccccc54)ccc3B3c4ccc(-n5c6ccccc6c6ccccc65)cc4N(c4c(-c5ccc(C#N)cc5)cc(-c5ccccc5)cc4-c4ccc(C(C)(C)C)cc4)c4cc(C(C)(C)C)cc2c43)cc1. The highest BCUT2D eigenvalue weighted by atomic mass is 15.2. The van der Waals surface area contributed by atoms with Crippen LogP contribution < -0.4 is 26.2 Å². The van der Waals surface area contributed by atoms with Crippen molar-refractivity contribution in [2.24, 2.45) is 0 Å². The fourth-order valence-electron chi connectivity index (χ4n) is 17.5. The Hall–Kier alpha value is -13.5. The van der Waals surface area contributed by atoms with Crippen LogP contribution in [0.25, 0.3) is 127 Å². The molecule has 4 heterocycles. The lowest BCUT2D eigenvalue weighted by Gasteiger charge is -2.46. The molecular weight excluding hydrogens is 1340 g/mol. The summed E-state index contributed by atoms with van der Waals surface area (Å²) in [6.45, 7) is 28.8. The van der Waals surface area contributed by atoms with Gasteiger partial charge in [-0.2, -0.15) is 5.26 Å². The average Bonchev–Trinajstić information content (AvgIpc) is 1.14. The monoisotopic (exact) mass is 1420 g/mol. The molecule has 0 N–H and O–H groups in total. The molecule has 0 saturated heterocycles. The van der Waals surface area contributed by atoms with Crippen LogP contribution in [0.15, 0.2) is 328 Å². The van der Waals surface area contributed by atoms with Crippen LogP contribution in [0.3, 0.4) is 0 Å². The zero-order valence-electron chi connectivity index (χ0n) is 63.9. The average molecular weight is 1430 g/mol. The van der Waals surface area contributed by atoms with Crippen LogP contribution in [0.2, 0.25) is 0 Å². The second kappa shape index (κ2) is 26.2. The van der Waals surface area contributed by atoms with Gasteiger partial charge in [-0.3, -0.25) is 0 Å². The minimum absolute atomic E-state index is 0.108. The van der Waals surface area contributed by atoms with Crippen molar-refractivity contribution >= 4 is 107 Å². The molecule has 0 amide bonds. The molecule has 0 unspecified atom stereocenters. The van der Waals surface area contributed by atoms with Crippen molar-refractivity contribution in [1.29, 1.82) is 5.26 Å². The predicted octanol–water partition coefficient (Wildman–Crippen LogP) is 26.3. The number of hydrogen-bond donors (Lipinski definition) is 0. The zero-order valence-corrected chi connectivity index (χ0v) is 63.9. The van der Waals surface area contributed by atoms with Gasteiger partial charge in [-0.05, 0) is 191 Å². The summed E-state index contributed by atoms with van der Waals surface area (Å²) in [5.74, 6) is 0. The Morgan fingerprint density at radius 3 is 0.964 bits per heavy atom. The number of benzene rings is 15. The molecule has 0 saturated carbocycles. The lowest BCUT2D eigenvalue weighted by atomic mass is 9.33. The Kier molecular flexibility index (Phi) is 16.1. The summed E-state index contributed by atoms with van der Waals surface area (Å²) in [7, 11) is 0. The molecule has 17 aromatic rings. The molecule has 0 bridgehead atoms. The molecule has 0 aliphatic carbocycles. The van der Waals surface area contributed by atoms with E-state index in [2.05, 4.69) is 395 Å². The highest BCUT2D eigenvalue weighted by molar-refractivity contribution is 7.00. The number of nitrogens with zero attached hydrogens (tertiary/aromatic N) is 6. The standard InChI is InChI=1S/C104H81BN6/c1-102(2,3)75-47-41-70(42-48-75)86-58-73(67-25-13-11-14-26-67)57-85(69-39-37-66(65-106)38-40-69)100(86)110-95-63-79(108-91-33-21-17-29-81(91)82-30-18-22-34-92(82)108)53-55-89(95)105-90-56-54-80(109-93-35-23-19-31-83(93)84-32-20-24-36-94(84)109)64-96(90)111(98-62-77(104(7,8)9)61-97(110)99(98)105)101-87(71-43-49-76(50-44-71)103(4,5)6)59-74(68-27-15-12-16-28-68)60-88(101)72-45-51-78(107-10)52-46-72/h11-64H,1-9H3. The van der Waals surface area contributed by atoms with Gasteiger partial charge in [0.05, 0.1) is 51.6 Å². The Labute approximate surface area is 650 Å². The Morgan fingerprint density at radius 1 is 0.306 bits per heavy atom. The summed E-state index contributed by atoms with van der Waals surface area (Å²) in [5.41, 5.74) is 33.2. The van der Waals surface area contributed by atoms with Gasteiger partial charge in [-0.15, -0.1) is 0 Å². The molecule has 2 aliphatic rings. The van der Waals surface area contributed by atoms with Crippen LogP contribution in [0.4, 0.5) is 39.8 Å². The van der Waals surface area contributed by atoms with Crippen molar-refractivity contribution in [2.75, 3.05) is 9.80 Å². The molecule has 2 aliphatic heterocycles. The quantitative estimate of drug-likeness (QED) is 0.101. The van der Waals surface area contributed by atoms with Crippen molar-refractivity contribution in [3.63, 3.8) is 0 Å². The van der Waals surface area contributed by atoms with Crippen LogP contribution in [0.1, 0.15) is 84.6 Å². The minimum Gasteiger partial charge on any atom is -0.310 e. The summed E-state index contributed by atoms with van der Waals surface area (Å²) < 4.78 is 4.94. The maximum absolute atomic E-state index is 10.6. The van der Waals surface area contributed by atoms with Crippen LogP contribution in [0, 0.1) is 17.9 Å². The van der Waals surface area contributed by atoms with Crippen molar-refractivity contribution in [3.8, 4) is 84.2 Å². The third-order valence-corrected chi connectivity index (χ3v) is 23.2. The van der Waals surface area contributed by atoms with E-state index in [9.17, 15) is 5.26 Å². The third-order valence-electron chi connectivity index (χ3n) is 23.2. The van der Waals surface area contributed by atoms with Crippen LogP contribution in [0.5, 0.6) is 0 Å². The maximum atomic E-state index is 10.6. The summed E-state index contributed by atoms with van der Waals surface area (Å²) >= 11 is 0. The molecular formula is C104H81BN6. The van der Waals surface area contributed by atoms with E-state index in [0.29, 0.717) is 11.3 Å². The molecule has 6 nitrogen and oxygen atoms in total. The van der Waals surface area contributed by atoms with Gasteiger partial charge in [-0.1, -0.05) is 293 Å². The Balaban J connectivity index is 1.01. The van der Waals surface area contributed by atoms with Crippen LogP contribution >= 0.6 is 0 Å². The van der Waals surface area contributed by atoms with Gasteiger partial charge in [-0.25, -0.2) is 4.85 Å². The smallest absolute Gasteiger partial charge is 0.252 e. The molecule has 2 aromatic heterocycles. The summed E-state index contributed by atoms with van der Waals surface area (Å²) in [6, 6.07) is 124. The van der Waals surface area contributed by atoms with Crippen molar-refractivity contribution in [2.45, 2.75) is 78.6 Å².